The maximum Gasteiger partial charge on any atom is 0.193 e. The Morgan fingerprint density at radius 3 is 1.54 bits per heavy atom. The van der Waals surface area contributed by atoms with Crippen LogP contribution in [0, 0.1) is 0 Å². The van der Waals surface area contributed by atoms with Crippen LogP contribution >= 0.6 is 23.5 Å². The average molecular weight is 383 g/mol. The summed E-state index contributed by atoms with van der Waals surface area (Å²) in [5, 5.41) is 1.59. The van der Waals surface area contributed by atoms with Gasteiger partial charge in [0.15, 0.2) is 5.78 Å². The second-order valence-corrected chi connectivity index (χ2v) is 9.95. The highest BCUT2D eigenvalue weighted by atomic mass is 32.2. The van der Waals surface area contributed by atoms with E-state index >= 15 is 0 Å². The summed E-state index contributed by atoms with van der Waals surface area (Å²) in [5.74, 6) is 2.09. The lowest BCUT2D eigenvalue weighted by Crippen LogP contribution is -2.15. The van der Waals surface area contributed by atoms with Crippen molar-refractivity contribution >= 4 is 29.3 Å². The molecule has 0 N–H and O–H groups in total. The van der Waals surface area contributed by atoms with E-state index in [1.165, 1.54) is 49.7 Å². The first-order valence-electron chi connectivity index (χ1n) is 9.75. The van der Waals surface area contributed by atoms with Gasteiger partial charge in [0.25, 0.3) is 0 Å². The minimum atomic E-state index is 0.194. The van der Waals surface area contributed by atoms with Crippen molar-refractivity contribution in [1.29, 1.82) is 0 Å². The summed E-state index contributed by atoms with van der Waals surface area (Å²) >= 11 is 4.03. The third-order valence-electron chi connectivity index (χ3n) is 5.58. The Labute approximate surface area is 165 Å². The van der Waals surface area contributed by atoms with Crippen LogP contribution in [0.5, 0.6) is 0 Å². The predicted octanol–water partition coefficient (Wildman–Crippen LogP) is 6.49. The number of carbonyl (C=O) groups is 1. The number of ketones is 1. The Balaban J connectivity index is 1.51. The molecular formula is C23H26OS2. The van der Waals surface area contributed by atoms with Crippen molar-refractivity contribution in [3.63, 3.8) is 0 Å². The van der Waals surface area contributed by atoms with Crippen molar-refractivity contribution in [1.82, 2.24) is 0 Å². The fraction of sp³-hybridized carbons (Fsp3) is 0.435. The maximum atomic E-state index is 13.3. The van der Waals surface area contributed by atoms with E-state index in [1.54, 1.807) is 0 Å². The van der Waals surface area contributed by atoms with Crippen LogP contribution in [0.15, 0.2) is 48.5 Å². The molecule has 0 saturated heterocycles. The zero-order valence-electron chi connectivity index (χ0n) is 15.2. The van der Waals surface area contributed by atoms with Gasteiger partial charge < -0.3 is 0 Å². The van der Waals surface area contributed by atoms with Crippen LogP contribution in [0.25, 0.3) is 0 Å². The van der Waals surface area contributed by atoms with E-state index < -0.39 is 0 Å². The number of thioether (sulfide) groups is 2. The fourth-order valence-electron chi connectivity index (χ4n) is 3.37. The second kappa shape index (κ2) is 8.67. The number of rotatable bonds is 8. The number of hydrogen-bond acceptors (Lipinski definition) is 3. The van der Waals surface area contributed by atoms with Crippen molar-refractivity contribution in [3.8, 4) is 0 Å². The zero-order valence-corrected chi connectivity index (χ0v) is 16.8. The summed E-state index contributed by atoms with van der Waals surface area (Å²) in [6.45, 7) is 0. The Morgan fingerprint density at radius 1 is 0.731 bits per heavy atom. The smallest absolute Gasteiger partial charge is 0.193 e. The SMILES string of the molecule is O=C(c1ccccc1CSC1CCC1)c1ccccc1CSC1CCC1. The lowest BCUT2D eigenvalue weighted by Gasteiger charge is -2.25. The molecular weight excluding hydrogens is 356 g/mol. The van der Waals surface area contributed by atoms with Gasteiger partial charge in [0.1, 0.15) is 0 Å². The zero-order chi connectivity index (χ0) is 17.8. The predicted molar refractivity (Wildman–Crippen MR) is 114 cm³/mol. The Kier molecular flexibility index (Phi) is 6.06. The Bertz CT molecular complexity index is 699. The standard InChI is InChI=1S/C23H26OS2/c24-23(21-13-3-1-7-17(21)15-25-19-9-5-10-19)22-14-4-2-8-18(22)16-26-20-11-6-12-20/h1-4,7-8,13-14,19-20H,5-6,9-12,15-16H2. The molecule has 0 bridgehead atoms. The van der Waals surface area contributed by atoms with Crippen LogP contribution in [0.1, 0.15) is 65.6 Å². The molecule has 2 aromatic rings. The quantitative estimate of drug-likeness (QED) is 0.486. The van der Waals surface area contributed by atoms with E-state index in [2.05, 4.69) is 24.3 Å². The van der Waals surface area contributed by atoms with E-state index in [4.69, 9.17) is 0 Å². The first kappa shape index (κ1) is 18.2. The van der Waals surface area contributed by atoms with Crippen LogP contribution in [0.3, 0.4) is 0 Å². The van der Waals surface area contributed by atoms with Gasteiger partial charge in [-0.1, -0.05) is 61.4 Å². The van der Waals surface area contributed by atoms with Crippen molar-refractivity contribution in [2.45, 2.75) is 60.5 Å². The molecule has 1 nitrogen and oxygen atoms in total. The monoisotopic (exact) mass is 382 g/mol. The molecule has 136 valence electrons. The van der Waals surface area contributed by atoms with Crippen molar-refractivity contribution in [2.75, 3.05) is 0 Å². The highest BCUT2D eigenvalue weighted by molar-refractivity contribution is 7.99. The Morgan fingerprint density at radius 2 is 1.15 bits per heavy atom. The van der Waals surface area contributed by atoms with Gasteiger partial charge in [-0.15, -0.1) is 0 Å². The highest BCUT2D eigenvalue weighted by Crippen LogP contribution is 2.35. The molecule has 26 heavy (non-hydrogen) atoms. The molecule has 2 saturated carbocycles. The maximum absolute atomic E-state index is 13.3. The Hall–Kier alpha value is -1.19. The summed E-state index contributed by atoms with van der Waals surface area (Å²) in [6.07, 6.45) is 8.07. The molecule has 2 aliphatic rings. The first-order valence-corrected chi connectivity index (χ1v) is 11.8. The van der Waals surface area contributed by atoms with Gasteiger partial charge in [-0.25, -0.2) is 0 Å². The van der Waals surface area contributed by atoms with Crippen molar-refractivity contribution in [3.05, 3.63) is 70.8 Å². The van der Waals surface area contributed by atoms with E-state index in [0.717, 1.165) is 33.1 Å². The molecule has 0 aromatic heterocycles. The molecule has 2 aromatic carbocycles. The molecule has 0 spiro atoms. The van der Waals surface area contributed by atoms with E-state index in [9.17, 15) is 4.79 Å². The lowest BCUT2D eigenvalue weighted by atomic mass is 9.96. The van der Waals surface area contributed by atoms with Crippen LogP contribution < -0.4 is 0 Å². The number of carbonyl (C=O) groups excluding carboxylic acids is 1. The highest BCUT2D eigenvalue weighted by Gasteiger charge is 2.22. The molecule has 0 radical (unpaired) electrons. The number of benzene rings is 2. The molecule has 0 atom stereocenters. The van der Waals surface area contributed by atoms with Gasteiger partial charge in [-0.05, 0) is 36.8 Å². The van der Waals surface area contributed by atoms with Crippen LogP contribution in [0.2, 0.25) is 0 Å². The summed E-state index contributed by atoms with van der Waals surface area (Å²) < 4.78 is 0. The number of hydrogen-bond donors (Lipinski definition) is 0. The van der Waals surface area contributed by atoms with Gasteiger partial charge in [0.05, 0.1) is 0 Å². The third-order valence-corrected chi connectivity index (χ3v) is 8.42. The van der Waals surface area contributed by atoms with Crippen molar-refractivity contribution < 1.29 is 4.79 Å². The minimum Gasteiger partial charge on any atom is -0.289 e. The average Bonchev–Trinajstić information content (AvgIpc) is 2.59. The van der Waals surface area contributed by atoms with Gasteiger partial charge in [0.2, 0.25) is 0 Å². The molecule has 4 rings (SSSR count). The van der Waals surface area contributed by atoms with Gasteiger partial charge >= 0.3 is 0 Å². The molecule has 2 fully saturated rings. The van der Waals surface area contributed by atoms with Gasteiger partial charge in [-0.3, -0.25) is 4.79 Å². The van der Waals surface area contributed by atoms with Crippen LogP contribution in [-0.2, 0) is 11.5 Å². The van der Waals surface area contributed by atoms with E-state index in [1.807, 2.05) is 47.8 Å². The second-order valence-electron chi connectivity index (χ2n) is 7.37. The summed E-state index contributed by atoms with van der Waals surface area (Å²) in [4.78, 5) is 13.3. The van der Waals surface area contributed by atoms with E-state index in [0.29, 0.717) is 0 Å². The van der Waals surface area contributed by atoms with Crippen LogP contribution in [-0.4, -0.2) is 16.3 Å². The molecule has 2 aliphatic carbocycles. The van der Waals surface area contributed by atoms with E-state index in [-0.39, 0.29) is 5.78 Å². The fourth-order valence-corrected chi connectivity index (χ4v) is 6.04. The third kappa shape index (κ3) is 4.20. The summed E-state index contributed by atoms with van der Waals surface area (Å²) in [5.41, 5.74) is 4.16. The van der Waals surface area contributed by atoms with Gasteiger partial charge in [-0.2, -0.15) is 23.5 Å². The van der Waals surface area contributed by atoms with Gasteiger partial charge in [0, 0.05) is 33.1 Å². The molecule has 0 amide bonds. The van der Waals surface area contributed by atoms with Crippen LogP contribution in [0.4, 0.5) is 0 Å². The normalized spacial score (nSPS) is 17.5. The molecule has 0 unspecified atom stereocenters. The molecule has 0 heterocycles. The largest absolute Gasteiger partial charge is 0.289 e. The molecule has 0 aliphatic heterocycles. The topological polar surface area (TPSA) is 17.1 Å². The van der Waals surface area contributed by atoms with Crippen molar-refractivity contribution in [2.24, 2.45) is 0 Å². The summed E-state index contributed by atoms with van der Waals surface area (Å²) in [7, 11) is 0. The minimum absolute atomic E-state index is 0.194. The lowest BCUT2D eigenvalue weighted by molar-refractivity contribution is 0.103. The molecule has 3 heteroatoms. The first-order chi connectivity index (χ1) is 12.8. The summed E-state index contributed by atoms with van der Waals surface area (Å²) in [6, 6.07) is 16.4.